The molecule has 106 valence electrons. The first kappa shape index (κ1) is 15.9. The minimum absolute atomic E-state index is 1.01. The monoisotopic (exact) mass is 284 g/mol. The van der Waals surface area contributed by atoms with E-state index >= 15 is 0 Å². The lowest BCUT2D eigenvalue weighted by Gasteiger charge is -1.95. The first-order valence-corrected chi connectivity index (χ1v) is 5.81. The van der Waals surface area contributed by atoms with Gasteiger partial charge < -0.3 is 17.3 Å². The van der Waals surface area contributed by atoms with Gasteiger partial charge in [0.25, 0.3) is 0 Å². The highest BCUT2D eigenvalue weighted by Crippen LogP contribution is 2.06. The Morgan fingerprint density at radius 2 is 1.35 bits per heavy atom. The van der Waals surface area contributed by atoms with Gasteiger partial charge in [-0.3, -0.25) is 0 Å². The molecule has 1 aromatic carbocycles. The van der Waals surface area contributed by atoms with Crippen molar-refractivity contribution >= 4 is 13.0 Å². The number of rotatable bonds is 2. The number of aromatic nitrogens is 1. The number of nitrogens with zero attached hydrogens (tertiary/aromatic N) is 2. The van der Waals surface area contributed by atoms with E-state index in [9.17, 15) is 17.3 Å². The second kappa shape index (κ2) is 7.42. The summed E-state index contributed by atoms with van der Waals surface area (Å²) in [4.78, 5) is 0. The molecule has 1 heterocycles. The van der Waals surface area contributed by atoms with Gasteiger partial charge in [-0.15, -0.1) is 0 Å². The summed E-state index contributed by atoms with van der Waals surface area (Å²) in [5.41, 5.74) is 2.15. The standard InChI is InChI=1S/C13H13N2.BF4/c1-12(13-8-4-2-5-9-13)14-15-10-6-3-7-11-15;2-1(3,4)5/h2-11H,1H3;/q+1;-1/b14-12-;. The van der Waals surface area contributed by atoms with E-state index in [1.807, 2.05) is 60.4 Å². The van der Waals surface area contributed by atoms with Gasteiger partial charge in [-0.25, -0.2) is 0 Å². The lowest BCUT2D eigenvalue weighted by molar-refractivity contribution is -0.678. The molecule has 1 aromatic heterocycles. The number of halogens is 4. The summed E-state index contributed by atoms with van der Waals surface area (Å²) in [6.07, 6.45) is 3.85. The third-order valence-electron chi connectivity index (χ3n) is 2.16. The molecular formula is C13H13BF4N2. The minimum atomic E-state index is -6.00. The van der Waals surface area contributed by atoms with Crippen LogP contribution >= 0.6 is 0 Å². The van der Waals surface area contributed by atoms with Crippen LogP contribution in [0.1, 0.15) is 12.5 Å². The van der Waals surface area contributed by atoms with Crippen LogP contribution in [0.4, 0.5) is 17.3 Å². The Morgan fingerprint density at radius 1 is 0.900 bits per heavy atom. The molecule has 0 bridgehead atoms. The third kappa shape index (κ3) is 7.30. The lowest BCUT2D eigenvalue weighted by Crippen LogP contribution is -2.27. The fourth-order valence-electron chi connectivity index (χ4n) is 1.37. The molecule has 0 N–H and O–H groups in total. The van der Waals surface area contributed by atoms with Gasteiger partial charge in [-0.1, -0.05) is 41.1 Å². The predicted octanol–water partition coefficient (Wildman–Crippen LogP) is 3.55. The van der Waals surface area contributed by atoms with E-state index in [-0.39, 0.29) is 0 Å². The lowest BCUT2D eigenvalue weighted by atomic mass is 10.1. The Kier molecular flexibility index (Phi) is 5.89. The molecule has 0 fully saturated rings. The van der Waals surface area contributed by atoms with E-state index in [0.717, 1.165) is 11.3 Å². The average molecular weight is 284 g/mol. The first-order chi connectivity index (χ1) is 9.36. The largest absolute Gasteiger partial charge is 0.673 e. The molecule has 0 aliphatic heterocycles. The molecule has 7 heteroatoms. The number of pyridine rings is 1. The van der Waals surface area contributed by atoms with Gasteiger partial charge in [0.2, 0.25) is 12.4 Å². The third-order valence-corrected chi connectivity index (χ3v) is 2.16. The zero-order chi connectivity index (χ0) is 15.0. The maximum atomic E-state index is 9.75. The SMILES string of the molecule is C/C(=N/[n+]1ccccc1)c1ccccc1.F[B-](F)(F)F. The summed E-state index contributed by atoms with van der Waals surface area (Å²) in [5, 5.41) is 4.46. The van der Waals surface area contributed by atoms with Crippen LogP contribution in [0.3, 0.4) is 0 Å². The summed E-state index contributed by atoms with van der Waals surface area (Å²) < 4.78 is 40.8. The van der Waals surface area contributed by atoms with Crippen molar-refractivity contribution < 1.29 is 21.9 Å². The molecule has 0 amide bonds. The second-order valence-corrected chi connectivity index (χ2v) is 3.80. The van der Waals surface area contributed by atoms with E-state index in [1.54, 1.807) is 0 Å². The molecule has 0 spiro atoms. The second-order valence-electron chi connectivity index (χ2n) is 3.80. The Morgan fingerprint density at radius 3 is 1.85 bits per heavy atom. The Labute approximate surface area is 114 Å². The smallest absolute Gasteiger partial charge is 0.418 e. The molecule has 0 aliphatic carbocycles. The Balaban J connectivity index is 0.000000347. The molecular weight excluding hydrogens is 271 g/mol. The van der Waals surface area contributed by atoms with Crippen molar-refractivity contribution in [3.05, 3.63) is 66.5 Å². The van der Waals surface area contributed by atoms with Crippen molar-refractivity contribution in [1.82, 2.24) is 0 Å². The fourth-order valence-corrected chi connectivity index (χ4v) is 1.37. The van der Waals surface area contributed by atoms with Crippen molar-refractivity contribution in [1.29, 1.82) is 0 Å². The summed E-state index contributed by atoms with van der Waals surface area (Å²) in [6.45, 7) is 2.01. The van der Waals surface area contributed by atoms with Crippen LogP contribution in [0.5, 0.6) is 0 Å². The van der Waals surface area contributed by atoms with Crippen LogP contribution in [0.15, 0.2) is 66.0 Å². The van der Waals surface area contributed by atoms with Gasteiger partial charge >= 0.3 is 7.25 Å². The normalized spacial score (nSPS) is 11.6. The highest BCUT2D eigenvalue weighted by Gasteiger charge is 2.20. The van der Waals surface area contributed by atoms with Crippen LogP contribution in [-0.4, -0.2) is 13.0 Å². The summed E-state index contributed by atoms with van der Waals surface area (Å²) in [7, 11) is -6.00. The molecule has 2 nitrogen and oxygen atoms in total. The van der Waals surface area contributed by atoms with Crippen molar-refractivity contribution in [3.63, 3.8) is 0 Å². The van der Waals surface area contributed by atoms with Crippen molar-refractivity contribution in [2.24, 2.45) is 5.10 Å². The van der Waals surface area contributed by atoms with Crippen LogP contribution in [0.2, 0.25) is 0 Å². The molecule has 0 radical (unpaired) electrons. The van der Waals surface area contributed by atoms with Crippen LogP contribution in [0.25, 0.3) is 0 Å². The molecule has 0 saturated heterocycles. The molecule has 20 heavy (non-hydrogen) atoms. The van der Waals surface area contributed by atoms with E-state index in [1.165, 1.54) is 0 Å². The minimum Gasteiger partial charge on any atom is -0.418 e. The Hall–Kier alpha value is -2.18. The fraction of sp³-hybridized carbons (Fsp3) is 0.0769. The van der Waals surface area contributed by atoms with E-state index in [2.05, 4.69) is 17.2 Å². The maximum Gasteiger partial charge on any atom is 0.673 e. The van der Waals surface area contributed by atoms with Gasteiger partial charge in [0.05, 0.1) is 0 Å². The van der Waals surface area contributed by atoms with Gasteiger partial charge in [-0.2, -0.15) is 0 Å². The molecule has 2 rings (SSSR count). The average Bonchev–Trinajstić information content (AvgIpc) is 2.39. The topological polar surface area (TPSA) is 16.2 Å². The number of benzene rings is 1. The highest BCUT2D eigenvalue weighted by atomic mass is 19.5. The molecule has 0 unspecified atom stereocenters. The number of hydrogen-bond acceptors (Lipinski definition) is 1. The Bertz CT molecular complexity index is 535. The van der Waals surface area contributed by atoms with Gasteiger partial charge in [0.15, 0.2) is 0 Å². The van der Waals surface area contributed by atoms with E-state index in [4.69, 9.17) is 0 Å². The van der Waals surface area contributed by atoms with Gasteiger partial charge in [-0.05, 0) is 6.92 Å². The maximum absolute atomic E-state index is 9.75. The van der Waals surface area contributed by atoms with E-state index < -0.39 is 7.25 Å². The number of hydrogen-bond donors (Lipinski definition) is 0. The molecule has 0 atom stereocenters. The first-order valence-electron chi connectivity index (χ1n) is 5.81. The summed E-state index contributed by atoms with van der Waals surface area (Å²) in [6, 6.07) is 16.1. The highest BCUT2D eigenvalue weighted by molar-refractivity contribution is 6.50. The van der Waals surface area contributed by atoms with Crippen molar-refractivity contribution in [3.8, 4) is 0 Å². The van der Waals surface area contributed by atoms with Crippen molar-refractivity contribution in [2.75, 3.05) is 0 Å². The van der Waals surface area contributed by atoms with Crippen molar-refractivity contribution in [2.45, 2.75) is 6.92 Å². The van der Waals surface area contributed by atoms with Crippen LogP contribution in [-0.2, 0) is 0 Å². The predicted molar refractivity (Wildman–Crippen MR) is 70.9 cm³/mol. The van der Waals surface area contributed by atoms with Crippen LogP contribution < -0.4 is 4.68 Å². The van der Waals surface area contributed by atoms with Gasteiger partial charge in [0, 0.05) is 22.8 Å². The van der Waals surface area contributed by atoms with Gasteiger partial charge in [0.1, 0.15) is 5.71 Å². The summed E-state index contributed by atoms with van der Waals surface area (Å²) >= 11 is 0. The summed E-state index contributed by atoms with van der Waals surface area (Å²) in [5.74, 6) is 0. The molecule has 2 aromatic rings. The quantitative estimate of drug-likeness (QED) is 0.347. The zero-order valence-electron chi connectivity index (χ0n) is 10.8. The molecule has 0 aliphatic rings. The van der Waals surface area contributed by atoms with Crippen LogP contribution in [0, 0.1) is 0 Å². The zero-order valence-corrected chi connectivity index (χ0v) is 10.8. The molecule has 0 saturated carbocycles. The van der Waals surface area contributed by atoms with E-state index in [0.29, 0.717) is 0 Å².